The third-order valence-electron chi connectivity index (χ3n) is 4.44. The van der Waals surface area contributed by atoms with Gasteiger partial charge in [0, 0.05) is 35.8 Å². The molecule has 2 nitrogen and oxygen atoms in total. The van der Waals surface area contributed by atoms with Crippen molar-refractivity contribution in [2.75, 3.05) is 23.7 Å². The monoisotopic (exact) mass is 292 g/mol. The van der Waals surface area contributed by atoms with Crippen molar-refractivity contribution in [1.82, 2.24) is 0 Å². The molecule has 0 radical (unpaired) electrons. The molecule has 1 aliphatic heterocycles. The van der Waals surface area contributed by atoms with Gasteiger partial charge in [0.2, 0.25) is 0 Å². The van der Waals surface area contributed by atoms with Gasteiger partial charge in [-0.15, -0.1) is 11.8 Å². The van der Waals surface area contributed by atoms with E-state index < -0.39 is 0 Å². The summed E-state index contributed by atoms with van der Waals surface area (Å²) < 4.78 is 0. The molecule has 20 heavy (non-hydrogen) atoms. The Morgan fingerprint density at radius 3 is 2.55 bits per heavy atom. The van der Waals surface area contributed by atoms with E-state index in [1.54, 1.807) is 0 Å². The smallest absolute Gasteiger partial charge is 0.0423 e. The van der Waals surface area contributed by atoms with Crippen molar-refractivity contribution in [2.24, 2.45) is 17.6 Å². The summed E-state index contributed by atoms with van der Waals surface area (Å²) in [6, 6.07) is 6.64. The maximum atomic E-state index is 6.02. The van der Waals surface area contributed by atoms with Crippen molar-refractivity contribution >= 4 is 17.4 Å². The Balaban J connectivity index is 2.15. The van der Waals surface area contributed by atoms with Crippen LogP contribution in [0.3, 0.4) is 0 Å². The van der Waals surface area contributed by atoms with Crippen LogP contribution in [0.15, 0.2) is 23.1 Å². The van der Waals surface area contributed by atoms with Crippen molar-refractivity contribution in [3.8, 4) is 0 Å². The number of benzene rings is 1. The first kappa shape index (κ1) is 15.7. The molecular formula is C17H28N2S. The zero-order valence-electron chi connectivity index (χ0n) is 13.1. The summed E-state index contributed by atoms with van der Waals surface area (Å²) in [6.07, 6.45) is 2.62. The molecule has 0 unspecified atom stereocenters. The van der Waals surface area contributed by atoms with Gasteiger partial charge in [-0.25, -0.2) is 0 Å². The van der Waals surface area contributed by atoms with Crippen LogP contribution in [-0.4, -0.2) is 18.8 Å². The van der Waals surface area contributed by atoms with E-state index in [-0.39, 0.29) is 0 Å². The van der Waals surface area contributed by atoms with Crippen LogP contribution in [-0.2, 0) is 6.54 Å². The highest BCUT2D eigenvalue weighted by Gasteiger charge is 2.23. The van der Waals surface area contributed by atoms with Crippen LogP contribution in [0.4, 0.5) is 5.69 Å². The fraction of sp³-hybridized carbons (Fsp3) is 0.647. The Bertz CT molecular complexity index is 423. The normalized spacial score (nSPS) is 16.9. The first-order valence-electron chi connectivity index (χ1n) is 7.87. The Hall–Kier alpha value is -0.670. The Morgan fingerprint density at radius 1 is 1.30 bits per heavy atom. The molecule has 1 aromatic rings. The van der Waals surface area contributed by atoms with Crippen LogP contribution in [0, 0.1) is 11.8 Å². The Labute approximate surface area is 128 Å². The summed E-state index contributed by atoms with van der Waals surface area (Å²) in [4.78, 5) is 3.90. The minimum absolute atomic E-state index is 0.641. The van der Waals surface area contributed by atoms with Crippen LogP contribution < -0.4 is 10.6 Å². The van der Waals surface area contributed by atoms with Gasteiger partial charge < -0.3 is 10.6 Å². The first-order valence-corrected chi connectivity index (χ1v) is 8.85. The summed E-state index contributed by atoms with van der Waals surface area (Å²) >= 11 is 1.90. The number of hydrogen-bond donors (Lipinski definition) is 1. The molecule has 0 aromatic heterocycles. The van der Waals surface area contributed by atoms with Crippen LogP contribution in [0.5, 0.6) is 0 Å². The van der Waals surface area contributed by atoms with Gasteiger partial charge in [0.1, 0.15) is 0 Å². The second-order valence-electron chi connectivity index (χ2n) is 5.96. The van der Waals surface area contributed by atoms with Gasteiger partial charge in [-0.2, -0.15) is 0 Å². The molecule has 0 amide bonds. The van der Waals surface area contributed by atoms with E-state index in [0.717, 1.165) is 17.6 Å². The van der Waals surface area contributed by atoms with E-state index >= 15 is 0 Å². The lowest BCUT2D eigenvalue weighted by atomic mass is 9.86. The lowest BCUT2D eigenvalue weighted by Crippen LogP contribution is -2.36. The van der Waals surface area contributed by atoms with E-state index in [1.165, 1.54) is 42.1 Å². The molecule has 1 aromatic carbocycles. The number of piperidine rings is 1. The predicted octanol–water partition coefficient (Wildman–Crippen LogP) is 4.13. The van der Waals surface area contributed by atoms with Gasteiger partial charge >= 0.3 is 0 Å². The van der Waals surface area contributed by atoms with Crippen molar-refractivity contribution in [2.45, 2.75) is 45.1 Å². The number of thioether (sulfide) groups is 1. The molecule has 1 aliphatic rings. The number of nitrogens with zero attached hydrogens (tertiary/aromatic N) is 1. The van der Waals surface area contributed by atoms with E-state index in [4.69, 9.17) is 5.73 Å². The largest absolute Gasteiger partial charge is 0.371 e. The zero-order chi connectivity index (χ0) is 14.5. The van der Waals surface area contributed by atoms with Gasteiger partial charge in [0.05, 0.1) is 0 Å². The summed E-state index contributed by atoms with van der Waals surface area (Å²) in [5, 5.41) is 0. The quantitative estimate of drug-likeness (QED) is 0.827. The number of hydrogen-bond acceptors (Lipinski definition) is 3. The zero-order valence-corrected chi connectivity index (χ0v) is 13.9. The van der Waals surface area contributed by atoms with E-state index in [9.17, 15) is 0 Å². The highest BCUT2D eigenvalue weighted by Crippen LogP contribution is 2.34. The molecule has 2 rings (SSSR count). The van der Waals surface area contributed by atoms with Crippen LogP contribution in [0.25, 0.3) is 0 Å². The molecule has 3 heteroatoms. The van der Waals surface area contributed by atoms with Gasteiger partial charge in [-0.1, -0.05) is 26.8 Å². The Morgan fingerprint density at radius 2 is 2.00 bits per heavy atom. The molecule has 112 valence electrons. The minimum atomic E-state index is 0.641. The highest BCUT2D eigenvalue weighted by atomic mass is 32.2. The summed E-state index contributed by atoms with van der Waals surface area (Å²) in [5.74, 6) is 2.81. The fourth-order valence-corrected chi connectivity index (χ4v) is 4.00. The van der Waals surface area contributed by atoms with Crippen molar-refractivity contribution in [3.63, 3.8) is 0 Å². The minimum Gasteiger partial charge on any atom is -0.371 e. The summed E-state index contributed by atoms with van der Waals surface area (Å²) in [6.45, 7) is 9.90. The molecule has 2 N–H and O–H groups in total. The van der Waals surface area contributed by atoms with E-state index in [2.05, 4.69) is 43.9 Å². The number of anilines is 1. The third-order valence-corrected chi connectivity index (χ3v) is 5.42. The second-order valence-corrected chi connectivity index (χ2v) is 7.27. The molecule has 1 heterocycles. The van der Waals surface area contributed by atoms with Crippen LogP contribution in [0.1, 0.15) is 39.2 Å². The van der Waals surface area contributed by atoms with Gasteiger partial charge in [0.25, 0.3) is 0 Å². The fourth-order valence-electron chi connectivity index (χ4n) is 3.15. The third kappa shape index (κ3) is 3.50. The van der Waals surface area contributed by atoms with Crippen molar-refractivity contribution in [3.05, 3.63) is 23.8 Å². The molecule has 0 aliphatic carbocycles. The van der Waals surface area contributed by atoms with Crippen LogP contribution in [0.2, 0.25) is 0 Å². The maximum absolute atomic E-state index is 6.02. The lowest BCUT2D eigenvalue weighted by molar-refractivity contribution is 0.311. The maximum Gasteiger partial charge on any atom is 0.0423 e. The summed E-state index contributed by atoms with van der Waals surface area (Å²) in [5.41, 5.74) is 8.73. The van der Waals surface area contributed by atoms with Gasteiger partial charge in [-0.3, -0.25) is 0 Å². The predicted molar refractivity (Wildman–Crippen MR) is 90.5 cm³/mol. The van der Waals surface area contributed by atoms with Crippen molar-refractivity contribution < 1.29 is 0 Å². The molecule has 0 bridgehead atoms. The summed E-state index contributed by atoms with van der Waals surface area (Å²) in [7, 11) is 0. The average Bonchev–Trinajstić information content (AvgIpc) is 2.47. The Kier molecular flexibility index (Phi) is 5.79. The van der Waals surface area contributed by atoms with E-state index in [1.807, 2.05) is 11.8 Å². The SMILES string of the molecule is CCSc1cccc(N2CCC(C(C)C)CC2)c1CN. The molecule has 0 saturated carbocycles. The van der Waals surface area contributed by atoms with Crippen molar-refractivity contribution in [1.29, 1.82) is 0 Å². The number of nitrogens with two attached hydrogens (primary N) is 1. The number of rotatable bonds is 5. The molecular weight excluding hydrogens is 264 g/mol. The second kappa shape index (κ2) is 7.37. The van der Waals surface area contributed by atoms with E-state index in [0.29, 0.717) is 6.54 Å². The molecule has 0 spiro atoms. The molecule has 0 atom stereocenters. The highest BCUT2D eigenvalue weighted by molar-refractivity contribution is 7.99. The average molecular weight is 292 g/mol. The first-order chi connectivity index (χ1) is 9.67. The van der Waals surface area contributed by atoms with Crippen LogP contribution >= 0.6 is 11.8 Å². The molecule has 1 fully saturated rings. The topological polar surface area (TPSA) is 29.3 Å². The standard InChI is InChI=1S/C17H28N2S/c1-4-20-17-7-5-6-16(15(17)12-18)19-10-8-14(9-11-19)13(2)3/h5-7,13-14H,4,8-12,18H2,1-3H3. The van der Waals surface area contributed by atoms with Gasteiger partial charge in [-0.05, 0) is 42.6 Å². The van der Waals surface area contributed by atoms with Gasteiger partial charge in [0.15, 0.2) is 0 Å². The lowest BCUT2D eigenvalue weighted by Gasteiger charge is -2.36. The molecule has 1 saturated heterocycles.